The number of halogens is 1. The maximum atomic E-state index is 13.2. The highest BCUT2D eigenvalue weighted by Crippen LogP contribution is 2.31. The van der Waals surface area contributed by atoms with E-state index >= 15 is 0 Å². The number of hydrogen-bond donors (Lipinski definition) is 1. The molecule has 2 nitrogen and oxygen atoms in total. The zero-order valence-electron chi connectivity index (χ0n) is 12.1. The predicted molar refractivity (Wildman–Crippen MR) is 77.9 cm³/mol. The smallest absolute Gasteiger partial charge is 0.123 e. The average Bonchev–Trinajstić information content (AvgIpc) is 2.40. The second kappa shape index (κ2) is 6.49. The molecule has 1 saturated heterocycles. The van der Waals surface area contributed by atoms with Gasteiger partial charge in [-0.2, -0.15) is 0 Å². The summed E-state index contributed by atoms with van der Waals surface area (Å²) in [5.41, 5.74) is 1.34. The first-order valence-corrected chi connectivity index (χ1v) is 7.27. The van der Waals surface area contributed by atoms with Gasteiger partial charge in [-0.15, -0.1) is 0 Å². The summed E-state index contributed by atoms with van der Waals surface area (Å²) in [4.78, 5) is 2.49. The molecular weight excluding hydrogens is 239 g/mol. The van der Waals surface area contributed by atoms with Gasteiger partial charge < -0.3 is 5.32 Å². The largest absolute Gasteiger partial charge is 0.318 e. The molecule has 1 fully saturated rings. The van der Waals surface area contributed by atoms with E-state index in [9.17, 15) is 4.39 Å². The summed E-state index contributed by atoms with van der Waals surface area (Å²) in [5.74, 6) is -0.128. The quantitative estimate of drug-likeness (QED) is 0.880. The van der Waals surface area contributed by atoms with Crippen molar-refractivity contribution < 1.29 is 4.39 Å². The van der Waals surface area contributed by atoms with Gasteiger partial charge in [0.15, 0.2) is 0 Å². The molecule has 1 aromatic carbocycles. The summed E-state index contributed by atoms with van der Waals surface area (Å²) < 4.78 is 13.2. The molecule has 1 unspecified atom stereocenters. The molecule has 0 radical (unpaired) electrons. The lowest BCUT2D eigenvalue weighted by Crippen LogP contribution is -2.55. The van der Waals surface area contributed by atoms with Crippen LogP contribution in [0.15, 0.2) is 24.3 Å². The molecule has 0 amide bonds. The van der Waals surface area contributed by atoms with Crippen molar-refractivity contribution in [2.45, 2.75) is 37.6 Å². The zero-order chi connectivity index (χ0) is 13.7. The molecule has 1 aliphatic heterocycles. The lowest BCUT2D eigenvalue weighted by molar-refractivity contribution is 0.0657. The summed E-state index contributed by atoms with van der Waals surface area (Å²) in [5, 5.41) is 3.34. The normalized spacial score (nSPS) is 24.6. The second-order valence-electron chi connectivity index (χ2n) is 5.76. The Bertz CT molecular complexity index is 403. The Kier molecular flexibility index (Phi) is 4.94. The zero-order valence-corrected chi connectivity index (χ0v) is 12.1. The molecule has 1 aromatic rings. The van der Waals surface area contributed by atoms with E-state index in [4.69, 9.17) is 0 Å². The molecule has 2 rings (SSSR count). The van der Waals surface area contributed by atoms with Crippen molar-refractivity contribution in [3.8, 4) is 0 Å². The van der Waals surface area contributed by atoms with Gasteiger partial charge in [-0.25, -0.2) is 4.39 Å². The Labute approximate surface area is 116 Å². The minimum Gasteiger partial charge on any atom is -0.318 e. The van der Waals surface area contributed by atoms with Crippen molar-refractivity contribution in [1.29, 1.82) is 0 Å². The Morgan fingerprint density at radius 2 is 2.21 bits per heavy atom. The van der Waals surface area contributed by atoms with Crippen LogP contribution in [0.2, 0.25) is 0 Å². The number of nitrogens with zero attached hydrogens (tertiary/aromatic N) is 1. The molecular formula is C16H25FN2. The Morgan fingerprint density at radius 1 is 1.37 bits per heavy atom. The van der Waals surface area contributed by atoms with Crippen LogP contribution in [-0.4, -0.2) is 37.6 Å². The monoisotopic (exact) mass is 264 g/mol. The summed E-state index contributed by atoms with van der Waals surface area (Å²) in [6.45, 7) is 2.18. The highest BCUT2D eigenvalue weighted by molar-refractivity contribution is 5.17. The van der Waals surface area contributed by atoms with E-state index in [-0.39, 0.29) is 11.4 Å². The lowest BCUT2D eigenvalue weighted by atomic mass is 9.82. The van der Waals surface area contributed by atoms with E-state index in [2.05, 4.69) is 17.3 Å². The third-order valence-electron chi connectivity index (χ3n) is 4.47. The Balaban J connectivity index is 2.04. The van der Waals surface area contributed by atoms with E-state index < -0.39 is 0 Å². The minimum atomic E-state index is -0.128. The SMILES string of the molecule is CNCC1(CCc2cccc(F)c2)CCCCN1C. The Morgan fingerprint density at radius 3 is 2.89 bits per heavy atom. The molecule has 1 N–H and O–H groups in total. The van der Waals surface area contributed by atoms with E-state index in [1.165, 1.54) is 31.9 Å². The molecule has 0 aromatic heterocycles. The topological polar surface area (TPSA) is 15.3 Å². The van der Waals surface area contributed by atoms with Crippen LogP contribution in [0, 0.1) is 5.82 Å². The van der Waals surface area contributed by atoms with Crippen LogP contribution in [0.3, 0.4) is 0 Å². The number of likely N-dealkylation sites (tertiary alicyclic amines) is 1. The first kappa shape index (κ1) is 14.5. The highest BCUT2D eigenvalue weighted by atomic mass is 19.1. The first-order valence-electron chi connectivity index (χ1n) is 7.27. The molecule has 3 heteroatoms. The van der Waals surface area contributed by atoms with Gasteiger partial charge in [-0.3, -0.25) is 4.90 Å². The molecule has 1 atom stereocenters. The lowest BCUT2D eigenvalue weighted by Gasteiger charge is -2.46. The van der Waals surface area contributed by atoms with E-state index in [1.807, 2.05) is 13.1 Å². The van der Waals surface area contributed by atoms with Gasteiger partial charge in [-0.1, -0.05) is 18.6 Å². The van der Waals surface area contributed by atoms with E-state index in [0.717, 1.165) is 24.9 Å². The van der Waals surface area contributed by atoms with E-state index in [0.29, 0.717) is 0 Å². The maximum absolute atomic E-state index is 13.2. The van der Waals surface area contributed by atoms with Crippen LogP contribution in [-0.2, 0) is 6.42 Å². The van der Waals surface area contributed by atoms with Crippen LogP contribution in [0.1, 0.15) is 31.2 Å². The number of hydrogen-bond acceptors (Lipinski definition) is 2. The molecule has 0 spiro atoms. The molecule has 0 saturated carbocycles. The Hall–Kier alpha value is -0.930. The van der Waals surface area contributed by atoms with Gasteiger partial charge in [0.05, 0.1) is 0 Å². The van der Waals surface area contributed by atoms with Crippen molar-refractivity contribution in [1.82, 2.24) is 10.2 Å². The van der Waals surface area contributed by atoms with Gasteiger partial charge >= 0.3 is 0 Å². The van der Waals surface area contributed by atoms with Gasteiger partial charge in [-0.05, 0) is 64.0 Å². The van der Waals surface area contributed by atoms with Crippen LogP contribution in [0.4, 0.5) is 4.39 Å². The van der Waals surface area contributed by atoms with Crippen molar-refractivity contribution in [3.05, 3.63) is 35.6 Å². The molecule has 1 aliphatic rings. The minimum absolute atomic E-state index is 0.128. The van der Waals surface area contributed by atoms with Crippen LogP contribution < -0.4 is 5.32 Å². The summed E-state index contributed by atoms with van der Waals surface area (Å²) in [7, 11) is 4.24. The van der Waals surface area contributed by atoms with Crippen LogP contribution in [0.5, 0.6) is 0 Å². The molecule has 0 aliphatic carbocycles. The molecule has 1 heterocycles. The summed E-state index contributed by atoms with van der Waals surface area (Å²) in [6, 6.07) is 7.01. The number of rotatable bonds is 5. The number of piperidine rings is 1. The van der Waals surface area contributed by atoms with Crippen molar-refractivity contribution in [2.24, 2.45) is 0 Å². The number of benzene rings is 1. The third kappa shape index (κ3) is 3.54. The fourth-order valence-corrected chi connectivity index (χ4v) is 3.26. The number of nitrogens with one attached hydrogen (secondary N) is 1. The van der Waals surface area contributed by atoms with Crippen LogP contribution in [0.25, 0.3) is 0 Å². The van der Waals surface area contributed by atoms with Gasteiger partial charge in [0.25, 0.3) is 0 Å². The summed E-state index contributed by atoms with van der Waals surface area (Å²) in [6.07, 6.45) is 5.87. The molecule has 106 valence electrons. The van der Waals surface area contributed by atoms with Crippen molar-refractivity contribution >= 4 is 0 Å². The van der Waals surface area contributed by atoms with Crippen molar-refractivity contribution in [2.75, 3.05) is 27.2 Å². The van der Waals surface area contributed by atoms with Gasteiger partial charge in [0, 0.05) is 12.1 Å². The second-order valence-corrected chi connectivity index (χ2v) is 5.76. The first-order chi connectivity index (χ1) is 9.16. The maximum Gasteiger partial charge on any atom is 0.123 e. The van der Waals surface area contributed by atoms with Crippen molar-refractivity contribution in [3.63, 3.8) is 0 Å². The third-order valence-corrected chi connectivity index (χ3v) is 4.47. The number of aryl methyl sites for hydroxylation is 1. The standard InChI is InChI=1S/C16H25FN2/c1-18-13-16(9-3-4-11-19(16)2)10-8-14-6-5-7-15(17)12-14/h5-7,12,18H,3-4,8-11,13H2,1-2H3. The highest BCUT2D eigenvalue weighted by Gasteiger charge is 2.35. The predicted octanol–water partition coefficient (Wildman–Crippen LogP) is 2.83. The molecule has 19 heavy (non-hydrogen) atoms. The van der Waals surface area contributed by atoms with Gasteiger partial charge in [0.2, 0.25) is 0 Å². The molecule has 0 bridgehead atoms. The fourth-order valence-electron chi connectivity index (χ4n) is 3.26. The fraction of sp³-hybridized carbons (Fsp3) is 0.625. The van der Waals surface area contributed by atoms with E-state index in [1.54, 1.807) is 12.1 Å². The van der Waals surface area contributed by atoms with Crippen LogP contribution >= 0.6 is 0 Å². The van der Waals surface area contributed by atoms with Gasteiger partial charge in [0.1, 0.15) is 5.82 Å². The number of likely N-dealkylation sites (N-methyl/N-ethyl adjacent to an activating group) is 2. The summed E-state index contributed by atoms with van der Waals surface area (Å²) >= 11 is 0. The average molecular weight is 264 g/mol.